The monoisotopic (exact) mass is 327 g/mol. The Labute approximate surface area is 134 Å². The minimum absolute atomic E-state index is 0.219. The quantitative estimate of drug-likeness (QED) is 0.720. The number of hydrogen-bond acceptors (Lipinski definition) is 3. The number of carboxylic acid groups (broad SMARTS) is 1. The van der Waals surface area contributed by atoms with Crippen LogP contribution in [0.25, 0.3) is 0 Å². The number of aliphatic carboxylic acids is 1. The summed E-state index contributed by atoms with van der Waals surface area (Å²) in [5.41, 5.74) is 0.719. The van der Waals surface area contributed by atoms with Crippen molar-refractivity contribution in [3.05, 3.63) is 35.1 Å². The molecule has 122 valence electrons. The normalized spacial score (nSPS) is 12.2. The smallest absolute Gasteiger partial charge is 0.330 e. The highest BCUT2D eigenvalue weighted by molar-refractivity contribution is 7.99. The molecule has 0 saturated heterocycles. The first-order valence-corrected chi connectivity index (χ1v) is 8.32. The predicted octanol–water partition coefficient (Wildman–Crippen LogP) is 3.16. The van der Waals surface area contributed by atoms with Crippen molar-refractivity contribution in [2.75, 3.05) is 11.5 Å². The van der Waals surface area contributed by atoms with Crippen molar-refractivity contribution in [1.82, 2.24) is 5.32 Å². The molecule has 0 aliphatic heterocycles. The van der Waals surface area contributed by atoms with Crippen molar-refractivity contribution in [3.63, 3.8) is 0 Å². The van der Waals surface area contributed by atoms with Gasteiger partial charge >= 0.3 is 5.97 Å². The number of carbonyl (C=O) groups is 2. The van der Waals surface area contributed by atoms with Gasteiger partial charge in [-0.3, -0.25) is 4.79 Å². The molecule has 4 nitrogen and oxygen atoms in total. The Morgan fingerprint density at radius 3 is 2.59 bits per heavy atom. The van der Waals surface area contributed by atoms with Gasteiger partial charge in [-0.15, -0.1) is 0 Å². The van der Waals surface area contributed by atoms with Gasteiger partial charge in [-0.05, 0) is 42.2 Å². The molecule has 0 bridgehead atoms. The number of thioether (sulfide) groups is 1. The van der Waals surface area contributed by atoms with E-state index in [1.54, 1.807) is 6.92 Å². The van der Waals surface area contributed by atoms with Crippen LogP contribution in [0.4, 0.5) is 4.39 Å². The minimum atomic E-state index is -1.16. The third kappa shape index (κ3) is 6.05. The molecule has 2 N–H and O–H groups in total. The summed E-state index contributed by atoms with van der Waals surface area (Å²) in [6.07, 6.45) is 1.01. The van der Waals surface area contributed by atoms with Gasteiger partial charge in [-0.1, -0.05) is 26.0 Å². The van der Waals surface area contributed by atoms with Gasteiger partial charge in [-0.2, -0.15) is 11.8 Å². The number of halogens is 1. The summed E-state index contributed by atoms with van der Waals surface area (Å²) in [6.45, 7) is 5.78. The van der Waals surface area contributed by atoms with E-state index in [1.165, 1.54) is 30.0 Å². The molecule has 22 heavy (non-hydrogen) atoms. The Morgan fingerprint density at radius 1 is 1.36 bits per heavy atom. The lowest BCUT2D eigenvalue weighted by molar-refractivity contribution is -0.141. The van der Waals surface area contributed by atoms with Crippen LogP contribution in [0.15, 0.2) is 18.2 Å². The summed E-state index contributed by atoms with van der Waals surface area (Å²) in [5.74, 6) is -0.238. The van der Waals surface area contributed by atoms with Crippen LogP contribution in [0, 0.1) is 18.7 Å². The number of carbonyl (C=O) groups excluding carboxylic acids is 1. The van der Waals surface area contributed by atoms with Gasteiger partial charge in [0.15, 0.2) is 6.04 Å². The molecule has 1 atom stereocenters. The maximum absolute atomic E-state index is 13.3. The molecule has 0 aromatic heterocycles. The van der Waals surface area contributed by atoms with E-state index >= 15 is 0 Å². The summed E-state index contributed by atoms with van der Waals surface area (Å²) in [5, 5.41) is 11.8. The van der Waals surface area contributed by atoms with Gasteiger partial charge in [0.2, 0.25) is 5.91 Å². The maximum atomic E-state index is 13.3. The number of aryl methyl sites for hydroxylation is 1. The molecule has 1 aromatic carbocycles. The van der Waals surface area contributed by atoms with Crippen LogP contribution in [0.1, 0.15) is 37.4 Å². The molecular weight excluding hydrogens is 305 g/mol. The SMILES string of the molecule is Cc1cc(C(NC(=O)CSCCC(C)C)C(=O)O)ccc1F. The first-order chi connectivity index (χ1) is 10.3. The van der Waals surface area contributed by atoms with Gasteiger partial charge in [-0.25, -0.2) is 9.18 Å². The van der Waals surface area contributed by atoms with Gasteiger partial charge in [0.1, 0.15) is 5.82 Å². The zero-order chi connectivity index (χ0) is 16.7. The third-order valence-electron chi connectivity index (χ3n) is 3.14. The first-order valence-electron chi connectivity index (χ1n) is 7.17. The molecule has 6 heteroatoms. The molecule has 1 amide bonds. The van der Waals surface area contributed by atoms with E-state index in [-0.39, 0.29) is 11.7 Å². The van der Waals surface area contributed by atoms with Gasteiger partial charge in [0, 0.05) is 0 Å². The molecular formula is C16H22FNO3S. The van der Waals surface area contributed by atoms with Crippen LogP contribution in [-0.4, -0.2) is 28.5 Å². The first kappa shape index (κ1) is 18.5. The van der Waals surface area contributed by atoms with Crippen LogP contribution < -0.4 is 5.32 Å². The van der Waals surface area contributed by atoms with Crippen LogP contribution in [-0.2, 0) is 9.59 Å². The van der Waals surface area contributed by atoms with Crippen LogP contribution in [0.3, 0.4) is 0 Å². The molecule has 0 spiro atoms. The Hall–Kier alpha value is -1.56. The highest BCUT2D eigenvalue weighted by Crippen LogP contribution is 2.18. The largest absolute Gasteiger partial charge is 0.479 e. The number of rotatable bonds is 8. The minimum Gasteiger partial charge on any atom is -0.479 e. The zero-order valence-corrected chi connectivity index (χ0v) is 13.9. The fourth-order valence-electron chi connectivity index (χ4n) is 1.82. The lowest BCUT2D eigenvalue weighted by Gasteiger charge is -2.15. The van der Waals surface area contributed by atoms with Crippen molar-refractivity contribution in [3.8, 4) is 0 Å². The standard InChI is InChI=1S/C16H22FNO3S/c1-10(2)6-7-22-9-14(19)18-15(16(20)21)12-4-5-13(17)11(3)8-12/h4-5,8,10,15H,6-7,9H2,1-3H3,(H,18,19)(H,20,21). The molecule has 1 unspecified atom stereocenters. The summed E-state index contributed by atoms with van der Waals surface area (Å²) >= 11 is 1.48. The highest BCUT2D eigenvalue weighted by Gasteiger charge is 2.22. The lowest BCUT2D eigenvalue weighted by Crippen LogP contribution is -2.35. The molecule has 0 saturated carbocycles. The molecule has 0 aliphatic rings. The van der Waals surface area contributed by atoms with Gasteiger partial charge in [0.05, 0.1) is 5.75 Å². The second kappa shape index (κ2) is 8.78. The second-order valence-corrected chi connectivity index (χ2v) is 6.69. The summed E-state index contributed by atoms with van der Waals surface area (Å²) in [7, 11) is 0. The van der Waals surface area contributed by atoms with Crippen molar-refractivity contribution < 1.29 is 19.1 Å². The van der Waals surface area contributed by atoms with Crippen molar-refractivity contribution in [1.29, 1.82) is 0 Å². The van der Waals surface area contributed by atoms with Crippen molar-refractivity contribution in [2.24, 2.45) is 5.92 Å². The van der Waals surface area contributed by atoms with E-state index < -0.39 is 17.8 Å². The number of carboxylic acids is 1. The van der Waals surface area contributed by atoms with E-state index in [0.717, 1.165) is 12.2 Å². The van der Waals surface area contributed by atoms with Gasteiger partial charge in [0.25, 0.3) is 0 Å². The third-order valence-corrected chi connectivity index (χ3v) is 4.13. The molecule has 0 fully saturated rings. The molecule has 0 heterocycles. The van der Waals surface area contributed by atoms with Crippen molar-refractivity contribution in [2.45, 2.75) is 33.2 Å². The maximum Gasteiger partial charge on any atom is 0.330 e. The number of nitrogens with one attached hydrogen (secondary N) is 1. The topological polar surface area (TPSA) is 66.4 Å². The Balaban J connectivity index is 2.62. The van der Waals surface area contributed by atoms with E-state index in [2.05, 4.69) is 19.2 Å². The summed E-state index contributed by atoms with van der Waals surface area (Å²) in [6, 6.07) is 2.88. The number of amides is 1. The lowest BCUT2D eigenvalue weighted by atomic mass is 10.0. The van der Waals surface area contributed by atoms with Crippen LogP contribution in [0.5, 0.6) is 0 Å². The average molecular weight is 327 g/mol. The Morgan fingerprint density at radius 2 is 2.05 bits per heavy atom. The van der Waals surface area contributed by atoms with E-state index in [0.29, 0.717) is 17.0 Å². The Bertz CT molecular complexity index is 534. The fourth-order valence-corrected chi connectivity index (χ4v) is 2.87. The summed E-state index contributed by atoms with van der Waals surface area (Å²) < 4.78 is 13.3. The molecule has 1 aromatic rings. The van der Waals surface area contributed by atoms with E-state index in [4.69, 9.17) is 0 Å². The van der Waals surface area contributed by atoms with E-state index in [1.807, 2.05) is 0 Å². The molecule has 1 rings (SSSR count). The number of benzene rings is 1. The van der Waals surface area contributed by atoms with Gasteiger partial charge < -0.3 is 10.4 Å². The predicted molar refractivity (Wildman–Crippen MR) is 86.4 cm³/mol. The zero-order valence-electron chi connectivity index (χ0n) is 13.1. The van der Waals surface area contributed by atoms with Crippen LogP contribution in [0.2, 0.25) is 0 Å². The van der Waals surface area contributed by atoms with Crippen LogP contribution >= 0.6 is 11.8 Å². The number of hydrogen-bond donors (Lipinski definition) is 2. The van der Waals surface area contributed by atoms with E-state index in [9.17, 15) is 19.1 Å². The molecule has 0 aliphatic carbocycles. The second-order valence-electron chi connectivity index (χ2n) is 5.58. The highest BCUT2D eigenvalue weighted by atomic mass is 32.2. The summed E-state index contributed by atoms with van der Waals surface area (Å²) in [4.78, 5) is 23.2. The van der Waals surface area contributed by atoms with Crippen molar-refractivity contribution >= 4 is 23.6 Å². The molecule has 0 radical (unpaired) electrons. The Kier molecular flexibility index (Phi) is 7.38. The fraction of sp³-hybridized carbons (Fsp3) is 0.500. The average Bonchev–Trinajstić information content (AvgIpc) is 2.43.